The molecule has 0 radical (unpaired) electrons. The van der Waals surface area contributed by atoms with Crippen LogP contribution in [0.3, 0.4) is 0 Å². The van der Waals surface area contributed by atoms with Gasteiger partial charge in [-0.3, -0.25) is 9.48 Å². The molecule has 1 atom stereocenters. The van der Waals surface area contributed by atoms with E-state index in [2.05, 4.69) is 5.10 Å². The van der Waals surface area contributed by atoms with E-state index in [0.717, 1.165) is 12.1 Å². The Morgan fingerprint density at radius 3 is 2.78 bits per heavy atom. The summed E-state index contributed by atoms with van der Waals surface area (Å²) >= 11 is 0. The minimum Gasteiger partial charge on any atom is -0.467 e. The zero-order valence-corrected chi connectivity index (χ0v) is 10.8. The number of rotatable bonds is 2. The molecule has 1 aliphatic rings. The van der Waals surface area contributed by atoms with Gasteiger partial charge in [0.15, 0.2) is 0 Å². The maximum absolute atomic E-state index is 12.4. The molecule has 1 aromatic heterocycles. The van der Waals surface area contributed by atoms with Gasteiger partial charge in [-0.1, -0.05) is 0 Å². The molecule has 1 unspecified atom stereocenters. The van der Waals surface area contributed by atoms with Crippen molar-refractivity contribution in [1.82, 2.24) is 14.7 Å². The molecule has 98 valence electrons. The monoisotopic (exact) mass is 251 g/mol. The van der Waals surface area contributed by atoms with E-state index in [1.54, 1.807) is 22.7 Å². The number of hydrogen-bond donors (Lipinski definition) is 0. The summed E-state index contributed by atoms with van der Waals surface area (Å²) in [7, 11) is 3.07. The van der Waals surface area contributed by atoms with Gasteiger partial charge >= 0.3 is 5.97 Å². The number of hydrogen-bond acceptors (Lipinski definition) is 4. The van der Waals surface area contributed by atoms with Crippen molar-refractivity contribution in [3.63, 3.8) is 0 Å². The largest absolute Gasteiger partial charge is 0.467 e. The van der Waals surface area contributed by atoms with Gasteiger partial charge in [-0.25, -0.2) is 4.79 Å². The van der Waals surface area contributed by atoms with Crippen LogP contribution in [0, 0.1) is 6.92 Å². The first-order valence-corrected chi connectivity index (χ1v) is 5.94. The molecule has 18 heavy (non-hydrogen) atoms. The van der Waals surface area contributed by atoms with Crippen LogP contribution in [0.4, 0.5) is 0 Å². The van der Waals surface area contributed by atoms with Crippen LogP contribution in [0.15, 0.2) is 6.07 Å². The Hall–Kier alpha value is -1.85. The quantitative estimate of drug-likeness (QED) is 0.718. The Balaban J connectivity index is 2.23. The van der Waals surface area contributed by atoms with Crippen LogP contribution < -0.4 is 0 Å². The Morgan fingerprint density at radius 1 is 1.50 bits per heavy atom. The highest BCUT2D eigenvalue weighted by molar-refractivity contribution is 5.95. The number of likely N-dealkylation sites (tertiary alicyclic amines) is 1. The molecule has 0 aliphatic carbocycles. The number of carbonyl (C=O) groups excluding carboxylic acids is 2. The van der Waals surface area contributed by atoms with Crippen molar-refractivity contribution in [2.45, 2.75) is 25.8 Å². The SMILES string of the molecule is COC(=O)C1CCCN1C(=O)c1cc(C)nn1C. The van der Waals surface area contributed by atoms with Crippen molar-refractivity contribution >= 4 is 11.9 Å². The van der Waals surface area contributed by atoms with E-state index in [9.17, 15) is 9.59 Å². The first-order chi connectivity index (χ1) is 8.54. The Labute approximate surface area is 106 Å². The molecule has 6 nitrogen and oxygen atoms in total. The normalized spacial score (nSPS) is 19.1. The van der Waals surface area contributed by atoms with Gasteiger partial charge in [-0.05, 0) is 25.8 Å². The molecule has 1 saturated heterocycles. The number of nitrogens with zero attached hydrogens (tertiary/aromatic N) is 3. The zero-order valence-electron chi connectivity index (χ0n) is 10.8. The third-order valence-corrected chi connectivity index (χ3v) is 3.21. The molecule has 0 spiro atoms. The van der Waals surface area contributed by atoms with Crippen molar-refractivity contribution in [3.05, 3.63) is 17.5 Å². The number of ether oxygens (including phenoxy) is 1. The number of methoxy groups -OCH3 is 1. The Bertz CT molecular complexity index is 481. The number of amides is 1. The van der Waals surface area contributed by atoms with Gasteiger partial charge in [0.25, 0.3) is 5.91 Å². The van der Waals surface area contributed by atoms with Crippen molar-refractivity contribution in [3.8, 4) is 0 Å². The fourth-order valence-electron chi connectivity index (χ4n) is 2.35. The van der Waals surface area contributed by atoms with E-state index >= 15 is 0 Å². The number of aryl methyl sites for hydroxylation is 2. The highest BCUT2D eigenvalue weighted by Gasteiger charge is 2.36. The highest BCUT2D eigenvalue weighted by Crippen LogP contribution is 2.21. The lowest BCUT2D eigenvalue weighted by molar-refractivity contribution is -0.145. The van der Waals surface area contributed by atoms with Crippen molar-refractivity contribution in [2.24, 2.45) is 7.05 Å². The molecule has 2 rings (SSSR count). The molecule has 0 bridgehead atoms. The van der Waals surface area contributed by atoms with Gasteiger partial charge < -0.3 is 9.64 Å². The van der Waals surface area contributed by atoms with Crippen LogP contribution in [-0.2, 0) is 16.6 Å². The number of carbonyl (C=O) groups is 2. The average Bonchev–Trinajstić information content (AvgIpc) is 2.94. The summed E-state index contributed by atoms with van der Waals surface area (Å²) in [6, 6.07) is 1.27. The second-order valence-electron chi connectivity index (χ2n) is 4.47. The van der Waals surface area contributed by atoms with E-state index in [4.69, 9.17) is 4.74 Å². The lowest BCUT2D eigenvalue weighted by atomic mass is 10.2. The van der Waals surface area contributed by atoms with Crippen molar-refractivity contribution in [2.75, 3.05) is 13.7 Å². The van der Waals surface area contributed by atoms with Crippen LogP contribution in [0.2, 0.25) is 0 Å². The average molecular weight is 251 g/mol. The summed E-state index contributed by atoms with van der Waals surface area (Å²) in [5, 5.41) is 4.15. The van der Waals surface area contributed by atoms with E-state index in [0.29, 0.717) is 18.7 Å². The summed E-state index contributed by atoms with van der Waals surface area (Å²) in [6.07, 6.45) is 1.48. The first kappa shape index (κ1) is 12.6. The lowest BCUT2D eigenvalue weighted by Crippen LogP contribution is -2.41. The third kappa shape index (κ3) is 2.10. The second-order valence-corrected chi connectivity index (χ2v) is 4.47. The van der Waals surface area contributed by atoms with E-state index in [1.165, 1.54) is 7.11 Å². The maximum Gasteiger partial charge on any atom is 0.328 e. The molecule has 0 aromatic carbocycles. The van der Waals surface area contributed by atoms with Gasteiger partial charge in [0.2, 0.25) is 0 Å². The molecule has 1 amide bonds. The summed E-state index contributed by atoms with van der Waals surface area (Å²) < 4.78 is 6.28. The van der Waals surface area contributed by atoms with Crippen LogP contribution in [0.25, 0.3) is 0 Å². The second kappa shape index (κ2) is 4.80. The summed E-state index contributed by atoms with van der Waals surface area (Å²) in [6.45, 7) is 2.42. The predicted octanol–water partition coefficient (Wildman–Crippen LogP) is 0.506. The number of aromatic nitrogens is 2. The maximum atomic E-state index is 12.4. The molecule has 1 fully saturated rings. The molecule has 0 N–H and O–H groups in total. The van der Waals surface area contributed by atoms with E-state index in [-0.39, 0.29) is 11.9 Å². The third-order valence-electron chi connectivity index (χ3n) is 3.21. The fraction of sp³-hybridized carbons (Fsp3) is 0.583. The fourth-order valence-corrected chi connectivity index (χ4v) is 2.35. The van der Waals surface area contributed by atoms with Crippen LogP contribution >= 0.6 is 0 Å². The molecule has 1 aliphatic heterocycles. The van der Waals surface area contributed by atoms with E-state index in [1.807, 2.05) is 6.92 Å². The molecule has 1 aromatic rings. The molecular weight excluding hydrogens is 234 g/mol. The molecular formula is C12H17N3O3. The van der Waals surface area contributed by atoms with Crippen LogP contribution in [-0.4, -0.2) is 46.3 Å². The summed E-state index contributed by atoms with van der Waals surface area (Å²) in [5.41, 5.74) is 1.29. The summed E-state index contributed by atoms with van der Waals surface area (Å²) in [5.74, 6) is -0.509. The standard InChI is InChI=1S/C12H17N3O3/c1-8-7-10(14(2)13-8)11(16)15-6-4-5-9(15)12(17)18-3/h7,9H,4-6H2,1-3H3. The Kier molecular flexibility index (Phi) is 3.36. The van der Waals surface area contributed by atoms with Crippen molar-refractivity contribution in [1.29, 1.82) is 0 Å². The zero-order chi connectivity index (χ0) is 13.3. The lowest BCUT2D eigenvalue weighted by Gasteiger charge is -2.22. The van der Waals surface area contributed by atoms with Gasteiger partial charge in [0, 0.05) is 13.6 Å². The van der Waals surface area contributed by atoms with Gasteiger partial charge in [0.1, 0.15) is 11.7 Å². The van der Waals surface area contributed by atoms with Crippen LogP contribution in [0.1, 0.15) is 29.0 Å². The van der Waals surface area contributed by atoms with E-state index < -0.39 is 6.04 Å². The molecule has 0 saturated carbocycles. The smallest absolute Gasteiger partial charge is 0.328 e. The highest BCUT2D eigenvalue weighted by atomic mass is 16.5. The topological polar surface area (TPSA) is 64.4 Å². The van der Waals surface area contributed by atoms with Gasteiger partial charge in [-0.2, -0.15) is 5.10 Å². The minimum atomic E-state index is -0.460. The van der Waals surface area contributed by atoms with Gasteiger partial charge in [-0.15, -0.1) is 0 Å². The minimum absolute atomic E-state index is 0.161. The Morgan fingerprint density at radius 2 is 2.22 bits per heavy atom. The first-order valence-electron chi connectivity index (χ1n) is 5.94. The van der Waals surface area contributed by atoms with Crippen molar-refractivity contribution < 1.29 is 14.3 Å². The molecule has 2 heterocycles. The number of esters is 1. The molecule has 6 heteroatoms. The predicted molar refractivity (Wildman–Crippen MR) is 64.0 cm³/mol. The van der Waals surface area contributed by atoms with Crippen LogP contribution in [0.5, 0.6) is 0 Å². The van der Waals surface area contributed by atoms with Gasteiger partial charge in [0.05, 0.1) is 12.8 Å². The summed E-state index contributed by atoms with van der Waals surface area (Å²) in [4.78, 5) is 25.6.